The molecule has 0 fully saturated rings. The molecule has 0 rings (SSSR count). The van der Waals surface area contributed by atoms with E-state index in [0.717, 1.165) is 0 Å². The fourth-order valence-corrected chi connectivity index (χ4v) is 0.708. The summed E-state index contributed by atoms with van der Waals surface area (Å²) in [4.78, 5) is 12.0. The molecule has 2 atom stereocenters. The molecule has 0 saturated heterocycles. The van der Waals surface area contributed by atoms with Crippen molar-refractivity contribution in [3.63, 3.8) is 0 Å². The van der Waals surface area contributed by atoms with E-state index in [1.807, 2.05) is 0 Å². The fourth-order valence-electron chi connectivity index (χ4n) is 0.708. The van der Waals surface area contributed by atoms with Crippen LogP contribution in [0.1, 0.15) is 6.92 Å². The molecule has 0 aliphatic carbocycles. The average Bonchev–Trinajstić information content (AvgIpc) is 2.02. The Morgan fingerprint density at radius 3 is 2.50 bits per heavy atom. The smallest absolute Gasteiger partial charge is 0.321 e. The number of likely N-dealkylation sites (N-methyl/N-ethyl adjacent to an activating group) is 1. The van der Waals surface area contributed by atoms with Crippen molar-refractivity contribution in [3.8, 4) is 0 Å². The molecule has 0 radical (unpaired) electrons. The number of carbonyl (C=O) groups is 1. The number of nitrogens with zero attached hydrogens (tertiary/aromatic N) is 1. The molecule has 5 nitrogen and oxygen atoms in total. The molecule has 0 aliphatic rings. The van der Waals surface area contributed by atoms with Gasteiger partial charge < -0.3 is 15.9 Å². The van der Waals surface area contributed by atoms with Crippen molar-refractivity contribution in [1.82, 2.24) is 4.90 Å². The molecule has 0 amide bonds. The van der Waals surface area contributed by atoms with Crippen LogP contribution in [0.4, 0.5) is 0 Å². The number of carboxylic acids is 1. The zero-order valence-electron chi connectivity index (χ0n) is 7.40. The Hall–Kier alpha value is -0.650. The summed E-state index contributed by atoms with van der Waals surface area (Å²) in [6.07, 6.45) is 0. The molecule has 0 aliphatic heterocycles. The highest BCUT2D eigenvalue weighted by atomic mass is 16.4. The maximum atomic E-state index is 10.3. The Kier molecular flexibility index (Phi) is 4.80. The molecule has 72 valence electrons. The number of aliphatic hydroxyl groups is 1. The van der Waals surface area contributed by atoms with Crippen molar-refractivity contribution in [2.45, 2.75) is 19.0 Å². The van der Waals surface area contributed by atoms with Gasteiger partial charge in [-0.15, -0.1) is 0 Å². The third kappa shape index (κ3) is 3.66. The first-order valence-electron chi connectivity index (χ1n) is 3.78. The minimum Gasteiger partial charge on any atom is -0.480 e. The fraction of sp³-hybridized carbons (Fsp3) is 0.857. The maximum Gasteiger partial charge on any atom is 0.321 e. The van der Waals surface area contributed by atoms with Crippen molar-refractivity contribution in [2.24, 2.45) is 5.73 Å². The van der Waals surface area contributed by atoms with Crippen LogP contribution in [0.15, 0.2) is 0 Å². The Balaban J connectivity index is 3.83. The molecular formula is C7H16N2O3. The summed E-state index contributed by atoms with van der Waals surface area (Å²) in [6.45, 7) is 2.05. The van der Waals surface area contributed by atoms with E-state index < -0.39 is 12.0 Å². The number of nitrogens with two attached hydrogens (primary N) is 1. The van der Waals surface area contributed by atoms with E-state index in [0.29, 0.717) is 0 Å². The lowest BCUT2D eigenvalue weighted by molar-refractivity contribution is -0.139. The van der Waals surface area contributed by atoms with E-state index in [4.69, 9.17) is 15.9 Å². The van der Waals surface area contributed by atoms with E-state index in [-0.39, 0.29) is 19.2 Å². The number of aliphatic carboxylic acids is 1. The summed E-state index contributed by atoms with van der Waals surface area (Å²) in [5.74, 6) is -1.02. The second kappa shape index (κ2) is 5.08. The van der Waals surface area contributed by atoms with Crippen LogP contribution in [-0.2, 0) is 4.79 Å². The molecule has 5 heteroatoms. The molecule has 4 N–H and O–H groups in total. The van der Waals surface area contributed by atoms with Crippen LogP contribution in [0.2, 0.25) is 0 Å². The molecule has 0 saturated carbocycles. The van der Waals surface area contributed by atoms with Gasteiger partial charge in [0.25, 0.3) is 0 Å². The van der Waals surface area contributed by atoms with Gasteiger partial charge in [-0.05, 0) is 14.0 Å². The lowest BCUT2D eigenvalue weighted by Gasteiger charge is -2.24. The van der Waals surface area contributed by atoms with Gasteiger partial charge in [-0.1, -0.05) is 0 Å². The molecule has 0 aromatic rings. The minimum absolute atomic E-state index is 0.00282. The summed E-state index contributed by atoms with van der Waals surface area (Å²) in [5.41, 5.74) is 5.29. The Morgan fingerprint density at radius 1 is 1.67 bits per heavy atom. The van der Waals surface area contributed by atoms with E-state index in [9.17, 15) is 4.79 Å². The van der Waals surface area contributed by atoms with E-state index in [2.05, 4.69) is 0 Å². The van der Waals surface area contributed by atoms with Gasteiger partial charge in [-0.2, -0.15) is 0 Å². The van der Waals surface area contributed by atoms with Gasteiger partial charge in [0, 0.05) is 12.6 Å². The maximum absolute atomic E-state index is 10.3. The molecule has 0 spiro atoms. The lowest BCUT2D eigenvalue weighted by atomic mass is 10.2. The highest BCUT2D eigenvalue weighted by Gasteiger charge is 2.16. The van der Waals surface area contributed by atoms with Gasteiger partial charge in [0.05, 0.1) is 6.61 Å². The minimum atomic E-state index is -1.02. The number of rotatable bonds is 5. The van der Waals surface area contributed by atoms with Crippen molar-refractivity contribution in [3.05, 3.63) is 0 Å². The van der Waals surface area contributed by atoms with Crippen molar-refractivity contribution >= 4 is 5.97 Å². The first kappa shape index (κ1) is 11.4. The number of aliphatic hydroxyl groups excluding tert-OH is 1. The average molecular weight is 176 g/mol. The molecular weight excluding hydrogens is 160 g/mol. The van der Waals surface area contributed by atoms with Gasteiger partial charge in [0.1, 0.15) is 6.04 Å². The zero-order valence-corrected chi connectivity index (χ0v) is 7.40. The number of hydrogen-bond donors (Lipinski definition) is 3. The highest BCUT2D eigenvalue weighted by molar-refractivity contribution is 5.73. The number of hydrogen-bond acceptors (Lipinski definition) is 4. The second-order valence-electron chi connectivity index (χ2n) is 2.92. The van der Waals surface area contributed by atoms with Crippen LogP contribution >= 0.6 is 0 Å². The molecule has 12 heavy (non-hydrogen) atoms. The molecule has 0 aromatic carbocycles. The van der Waals surface area contributed by atoms with E-state index in [1.54, 1.807) is 18.9 Å². The van der Waals surface area contributed by atoms with Crippen molar-refractivity contribution in [1.29, 1.82) is 0 Å². The van der Waals surface area contributed by atoms with Gasteiger partial charge in [-0.3, -0.25) is 9.69 Å². The summed E-state index contributed by atoms with van der Waals surface area (Å²) in [6, 6.07) is -0.945. The third-order valence-corrected chi connectivity index (χ3v) is 1.82. The van der Waals surface area contributed by atoms with E-state index >= 15 is 0 Å². The van der Waals surface area contributed by atoms with Crippen LogP contribution in [0.25, 0.3) is 0 Å². The summed E-state index contributed by atoms with van der Waals surface area (Å²) < 4.78 is 0. The van der Waals surface area contributed by atoms with Crippen LogP contribution in [0.5, 0.6) is 0 Å². The highest BCUT2D eigenvalue weighted by Crippen LogP contribution is 1.94. The monoisotopic (exact) mass is 176 g/mol. The van der Waals surface area contributed by atoms with Crippen LogP contribution in [0.3, 0.4) is 0 Å². The second-order valence-corrected chi connectivity index (χ2v) is 2.92. The summed E-state index contributed by atoms with van der Waals surface area (Å²) in [5, 5.41) is 17.2. The zero-order chi connectivity index (χ0) is 9.72. The van der Waals surface area contributed by atoms with Gasteiger partial charge in [0.2, 0.25) is 0 Å². The van der Waals surface area contributed by atoms with Crippen LogP contribution in [0, 0.1) is 0 Å². The van der Waals surface area contributed by atoms with E-state index in [1.165, 1.54) is 0 Å². The largest absolute Gasteiger partial charge is 0.480 e. The van der Waals surface area contributed by atoms with Gasteiger partial charge in [-0.25, -0.2) is 0 Å². The lowest BCUT2D eigenvalue weighted by Crippen LogP contribution is -2.45. The van der Waals surface area contributed by atoms with Crippen molar-refractivity contribution < 1.29 is 15.0 Å². The normalized spacial score (nSPS) is 16.1. The number of carboxylic acid groups (broad SMARTS) is 1. The Morgan fingerprint density at radius 2 is 2.17 bits per heavy atom. The predicted octanol–water partition coefficient (Wildman–Crippen LogP) is -1.29. The molecule has 2 unspecified atom stereocenters. The predicted molar refractivity (Wildman–Crippen MR) is 44.8 cm³/mol. The Labute approximate surface area is 71.8 Å². The topological polar surface area (TPSA) is 86.8 Å². The molecule has 0 aromatic heterocycles. The SMILES string of the molecule is CC(CO)N(C)CC(N)C(=O)O. The molecule has 0 heterocycles. The van der Waals surface area contributed by atoms with Crippen LogP contribution < -0.4 is 5.73 Å². The summed E-state index contributed by atoms with van der Waals surface area (Å²) in [7, 11) is 1.73. The van der Waals surface area contributed by atoms with Crippen molar-refractivity contribution in [2.75, 3.05) is 20.2 Å². The first-order chi connectivity index (χ1) is 5.49. The first-order valence-corrected chi connectivity index (χ1v) is 3.78. The Bertz CT molecular complexity index is 152. The third-order valence-electron chi connectivity index (χ3n) is 1.82. The summed E-state index contributed by atoms with van der Waals surface area (Å²) >= 11 is 0. The standard InChI is InChI=1S/C7H16N2O3/c1-5(4-10)9(2)3-6(8)7(11)12/h5-6,10H,3-4,8H2,1-2H3,(H,11,12). The van der Waals surface area contributed by atoms with Gasteiger partial charge >= 0.3 is 5.97 Å². The van der Waals surface area contributed by atoms with Gasteiger partial charge in [0.15, 0.2) is 0 Å². The molecule has 0 bridgehead atoms. The van der Waals surface area contributed by atoms with Crippen LogP contribution in [-0.4, -0.2) is 53.4 Å². The quantitative estimate of drug-likeness (QED) is 0.485.